The van der Waals surface area contributed by atoms with Crippen LogP contribution in [-0.4, -0.2) is 5.91 Å². The first-order valence-corrected chi connectivity index (χ1v) is 8.54. The third-order valence-corrected chi connectivity index (χ3v) is 5.25. The Bertz CT molecular complexity index is 582. The Morgan fingerprint density at radius 2 is 2.00 bits per heavy atom. The number of para-hydroxylation sites is 1. The summed E-state index contributed by atoms with van der Waals surface area (Å²) in [7, 11) is 0. The van der Waals surface area contributed by atoms with Crippen molar-refractivity contribution in [1.29, 1.82) is 0 Å². The average molecular weight is 454 g/mol. The van der Waals surface area contributed by atoms with Gasteiger partial charge < -0.3 is 5.32 Å². The van der Waals surface area contributed by atoms with Crippen LogP contribution in [0.1, 0.15) is 15.9 Å². The first-order valence-electron chi connectivity index (χ1n) is 5.02. The van der Waals surface area contributed by atoms with E-state index in [9.17, 15) is 4.79 Å². The number of alkyl halides is 1. The van der Waals surface area contributed by atoms with Crippen molar-refractivity contribution in [2.45, 2.75) is 5.33 Å². The molecule has 0 saturated carbocycles. The van der Waals surface area contributed by atoms with Crippen molar-refractivity contribution in [1.82, 2.24) is 0 Å². The van der Waals surface area contributed by atoms with E-state index in [1.54, 1.807) is 6.07 Å². The van der Waals surface area contributed by atoms with Gasteiger partial charge in [0, 0.05) is 11.0 Å². The van der Waals surface area contributed by atoms with Gasteiger partial charge in [-0.2, -0.15) is 0 Å². The largest absolute Gasteiger partial charge is 0.322 e. The topological polar surface area (TPSA) is 29.1 Å². The summed E-state index contributed by atoms with van der Waals surface area (Å²) in [6.45, 7) is 0. The predicted octanol–water partition coefficient (Wildman–Crippen LogP) is 5.42. The van der Waals surface area contributed by atoms with Crippen LogP contribution in [0.5, 0.6) is 0 Å². The number of thiophene rings is 1. The molecule has 0 saturated heterocycles. The minimum absolute atomic E-state index is 0.114. The molecule has 1 aromatic heterocycles. The highest BCUT2D eigenvalue weighted by Gasteiger charge is 2.14. The van der Waals surface area contributed by atoms with Gasteiger partial charge in [-0.05, 0) is 49.6 Å². The maximum atomic E-state index is 12.1. The molecule has 1 aromatic carbocycles. The zero-order valence-corrected chi connectivity index (χ0v) is 14.6. The van der Waals surface area contributed by atoms with Gasteiger partial charge in [0.15, 0.2) is 0 Å². The maximum absolute atomic E-state index is 12.1. The van der Waals surface area contributed by atoms with Gasteiger partial charge in [0.05, 0.1) is 13.1 Å². The summed E-state index contributed by atoms with van der Waals surface area (Å²) in [5.74, 6) is -0.114. The fourth-order valence-corrected chi connectivity index (χ4v) is 4.73. The van der Waals surface area contributed by atoms with Crippen LogP contribution in [0, 0.1) is 0 Å². The first kappa shape index (κ1) is 14.2. The van der Waals surface area contributed by atoms with Crippen molar-refractivity contribution in [3.05, 3.63) is 49.0 Å². The lowest BCUT2D eigenvalue weighted by molar-refractivity contribution is 0.102. The lowest BCUT2D eigenvalue weighted by Crippen LogP contribution is -2.12. The molecule has 0 fully saturated rings. The number of halogens is 3. The van der Waals surface area contributed by atoms with Crippen molar-refractivity contribution in [2.24, 2.45) is 0 Å². The fourth-order valence-electron chi connectivity index (χ4n) is 1.44. The Morgan fingerprint density at radius 3 is 2.61 bits per heavy atom. The predicted molar refractivity (Wildman–Crippen MR) is 86.7 cm³/mol. The molecule has 0 unspecified atom stereocenters. The van der Waals surface area contributed by atoms with Crippen molar-refractivity contribution in [2.75, 3.05) is 5.32 Å². The van der Waals surface area contributed by atoms with E-state index in [0.717, 1.165) is 18.8 Å². The van der Waals surface area contributed by atoms with Crippen molar-refractivity contribution >= 4 is 70.7 Å². The Kier molecular flexibility index (Phi) is 5.00. The summed E-state index contributed by atoms with van der Waals surface area (Å²) in [4.78, 5) is 12.1. The van der Waals surface area contributed by atoms with E-state index < -0.39 is 0 Å². The number of hydrogen-bond donors (Lipinski definition) is 1. The number of rotatable bonds is 3. The molecule has 0 radical (unpaired) electrons. The van der Waals surface area contributed by atoms with Crippen LogP contribution in [0.3, 0.4) is 0 Å². The molecule has 18 heavy (non-hydrogen) atoms. The van der Waals surface area contributed by atoms with E-state index in [4.69, 9.17) is 0 Å². The number of carbonyl (C=O) groups is 1. The number of nitrogens with one attached hydrogen (secondary N) is 1. The monoisotopic (exact) mass is 451 g/mol. The van der Waals surface area contributed by atoms with Crippen LogP contribution in [0.15, 0.2) is 37.9 Å². The summed E-state index contributed by atoms with van der Waals surface area (Å²) in [5, 5.41) is 3.63. The van der Waals surface area contributed by atoms with Crippen LogP contribution >= 0.6 is 59.1 Å². The van der Waals surface area contributed by atoms with E-state index in [1.165, 1.54) is 11.3 Å². The van der Waals surface area contributed by atoms with Gasteiger partial charge in [0.1, 0.15) is 0 Å². The molecule has 0 aliphatic heterocycles. The number of hydrogen-bond acceptors (Lipinski definition) is 2. The van der Waals surface area contributed by atoms with Gasteiger partial charge in [0.2, 0.25) is 0 Å². The summed E-state index contributed by atoms with van der Waals surface area (Å²) in [6, 6.07) is 9.53. The Labute approximate surface area is 134 Å². The summed E-state index contributed by atoms with van der Waals surface area (Å²) >= 11 is 11.6. The minimum atomic E-state index is -0.114. The Balaban J connectivity index is 2.24. The Hall–Kier alpha value is -0.170. The molecule has 1 amide bonds. The van der Waals surface area contributed by atoms with Gasteiger partial charge in [-0.3, -0.25) is 4.79 Å². The molecular formula is C12H8Br3NOS. The van der Waals surface area contributed by atoms with Gasteiger partial charge in [-0.25, -0.2) is 0 Å². The number of amides is 1. The number of carbonyl (C=O) groups excluding carboxylic acids is 1. The molecule has 1 N–H and O–H groups in total. The summed E-state index contributed by atoms with van der Waals surface area (Å²) in [6.07, 6.45) is 0. The van der Waals surface area contributed by atoms with Crippen LogP contribution < -0.4 is 5.32 Å². The van der Waals surface area contributed by atoms with Crippen molar-refractivity contribution < 1.29 is 4.79 Å². The van der Waals surface area contributed by atoms with E-state index in [2.05, 4.69) is 53.1 Å². The zero-order chi connectivity index (χ0) is 13.1. The molecule has 2 nitrogen and oxygen atoms in total. The normalized spacial score (nSPS) is 10.4. The van der Waals surface area contributed by atoms with Gasteiger partial charge in [-0.1, -0.05) is 34.1 Å². The second kappa shape index (κ2) is 6.32. The summed E-state index contributed by atoms with van der Waals surface area (Å²) < 4.78 is 1.75. The highest BCUT2D eigenvalue weighted by Crippen LogP contribution is 2.32. The van der Waals surface area contributed by atoms with Gasteiger partial charge >= 0.3 is 0 Å². The Morgan fingerprint density at radius 1 is 1.28 bits per heavy atom. The van der Waals surface area contributed by atoms with Crippen LogP contribution in [0.2, 0.25) is 0 Å². The standard InChI is InChI=1S/C12H8Br3NOS/c13-6-7-3-1-2-4-9(7)16-12(17)8-5-10(14)18-11(8)15/h1-5H,6H2,(H,16,17). The van der Waals surface area contributed by atoms with E-state index in [1.807, 2.05) is 24.3 Å². The lowest BCUT2D eigenvalue weighted by Gasteiger charge is -2.08. The van der Waals surface area contributed by atoms with E-state index >= 15 is 0 Å². The number of benzene rings is 1. The molecule has 0 aliphatic rings. The highest BCUT2D eigenvalue weighted by atomic mass is 79.9. The third-order valence-electron chi connectivity index (χ3n) is 2.31. The smallest absolute Gasteiger partial charge is 0.257 e. The maximum Gasteiger partial charge on any atom is 0.257 e. The van der Waals surface area contributed by atoms with Crippen LogP contribution in [0.25, 0.3) is 0 Å². The third kappa shape index (κ3) is 3.23. The number of anilines is 1. The molecule has 0 atom stereocenters. The minimum Gasteiger partial charge on any atom is -0.322 e. The molecule has 6 heteroatoms. The molecule has 0 spiro atoms. The molecule has 0 aliphatic carbocycles. The first-order chi connectivity index (χ1) is 8.61. The van der Waals surface area contributed by atoms with Gasteiger partial charge in [-0.15, -0.1) is 11.3 Å². The van der Waals surface area contributed by atoms with Gasteiger partial charge in [0.25, 0.3) is 5.91 Å². The summed E-state index contributed by atoms with van der Waals surface area (Å²) in [5.41, 5.74) is 2.51. The molecule has 1 heterocycles. The quantitative estimate of drug-likeness (QED) is 0.618. The second-order valence-corrected chi connectivity index (χ2v) is 7.79. The molecular weight excluding hydrogens is 446 g/mol. The second-order valence-electron chi connectivity index (χ2n) is 3.48. The van der Waals surface area contributed by atoms with E-state index in [-0.39, 0.29) is 5.91 Å². The van der Waals surface area contributed by atoms with Crippen molar-refractivity contribution in [3.63, 3.8) is 0 Å². The molecule has 94 valence electrons. The van der Waals surface area contributed by atoms with Crippen LogP contribution in [0.4, 0.5) is 5.69 Å². The highest BCUT2D eigenvalue weighted by molar-refractivity contribution is 9.12. The molecule has 2 rings (SSSR count). The van der Waals surface area contributed by atoms with E-state index in [0.29, 0.717) is 10.9 Å². The zero-order valence-electron chi connectivity index (χ0n) is 9.04. The average Bonchev–Trinajstić information content (AvgIpc) is 2.69. The van der Waals surface area contributed by atoms with Crippen molar-refractivity contribution in [3.8, 4) is 0 Å². The fraction of sp³-hybridized carbons (Fsp3) is 0.0833. The SMILES string of the molecule is O=C(Nc1ccccc1CBr)c1cc(Br)sc1Br. The molecule has 0 bridgehead atoms. The van der Waals surface area contributed by atoms with Crippen LogP contribution in [-0.2, 0) is 5.33 Å². The lowest BCUT2D eigenvalue weighted by atomic mass is 10.2. The molecule has 2 aromatic rings.